The number of halogens is 1. The molecule has 0 aliphatic heterocycles. The van der Waals surface area contributed by atoms with Gasteiger partial charge in [0.1, 0.15) is 11.3 Å². The second-order valence-corrected chi connectivity index (χ2v) is 6.61. The molecule has 1 aromatic heterocycles. The Labute approximate surface area is 135 Å². The summed E-state index contributed by atoms with van der Waals surface area (Å²) in [5.74, 6) is 3.32. The van der Waals surface area contributed by atoms with E-state index in [1.165, 1.54) is 30.2 Å². The molecular formula is C20H18ClO. The van der Waals surface area contributed by atoms with Crippen LogP contribution in [0.15, 0.2) is 59.0 Å². The summed E-state index contributed by atoms with van der Waals surface area (Å²) in [5.41, 5.74) is 2.40. The van der Waals surface area contributed by atoms with Crippen LogP contribution in [0.1, 0.15) is 36.5 Å². The Bertz CT molecular complexity index is 739. The highest BCUT2D eigenvalue weighted by Gasteiger charge is 2.27. The minimum atomic E-state index is 0.636. The van der Waals surface area contributed by atoms with Gasteiger partial charge in [-0.05, 0) is 60.9 Å². The first-order valence-electron chi connectivity index (χ1n) is 7.84. The van der Waals surface area contributed by atoms with Gasteiger partial charge >= 0.3 is 0 Å². The van der Waals surface area contributed by atoms with Gasteiger partial charge in [0.15, 0.2) is 0 Å². The second kappa shape index (κ2) is 5.81. The molecule has 1 heterocycles. The molecule has 1 aliphatic carbocycles. The van der Waals surface area contributed by atoms with Crippen LogP contribution in [0.3, 0.4) is 0 Å². The van der Waals surface area contributed by atoms with Gasteiger partial charge in [0.2, 0.25) is 0 Å². The zero-order valence-electron chi connectivity index (χ0n) is 12.4. The Morgan fingerprint density at radius 3 is 2.68 bits per heavy atom. The van der Waals surface area contributed by atoms with Gasteiger partial charge in [-0.1, -0.05) is 41.9 Å². The molecule has 22 heavy (non-hydrogen) atoms. The van der Waals surface area contributed by atoms with Gasteiger partial charge < -0.3 is 4.42 Å². The maximum absolute atomic E-state index is 5.98. The van der Waals surface area contributed by atoms with Crippen molar-refractivity contribution in [1.82, 2.24) is 0 Å². The fourth-order valence-corrected chi connectivity index (χ4v) is 3.61. The summed E-state index contributed by atoms with van der Waals surface area (Å²) in [7, 11) is 0. The van der Waals surface area contributed by atoms with Gasteiger partial charge in [-0.3, -0.25) is 0 Å². The molecular weight excluding hydrogens is 292 g/mol. The molecule has 1 radical (unpaired) electrons. The summed E-state index contributed by atoms with van der Waals surface area (Å²) in [4.78, 5) is 0. The molecule has 4 rings (SSSR count). The fourth-order valence-electron chi connectivity index (χ4n) is 3.48. The maximum Gasteiger partial charge on any atom is 0.134 e. The number of rotatable bonds is 3. The Kier molecular flexibility index (Phi) is 3.67. The van der Waals surface area contributed by atoms with Gasteiger partial charge in [0, 0.05) is 16.8 Å². The highest BCUT2D eigenvalue weighted by molar-refractivity contribution is 6.30. The first-order chi connectivity index (χ1) is 10.8. The van der Waals surface area contributed by atoms with Crippen LogP contribution in [-0.2, 0) is 6.42 Å². The fraction of sp³-hybridized carbons (Fsp3) is 0.250. The van der Waals surface area contributed by atoms with E-state index in [1.54, 1.807) is 5.92 Å². The lowest BCUT2D eigenvalue weighted by molar-refractivity contribution is 0.544. The van der Waals surface area contributed by atoms with E-state index in [0.717, 1.165) is 22.8 Å². The minimum absolute atomic E-state index is 0.636. The van der Waals surface area contributed by atoms with Gasteiger partial charge in [-0.2, -0.15) is 0 Å². The maximum atomic E-state index is 5.98. The molecule has 1 aliphatic rings. The molecule has 2 heteroatoms. The molecule has 1 unspecified atom stereocenters. The van der Waals surface area contributed by atoms with E-state index >= 15 is 0 Å². The topological polar surface area (TPSA) is 13.1 Å². The summed E-state index contributed by atoms with van der Waals surface area (Å²) in [6.07, 6.45) is 4.57. The van der Waals surface area contributed by atoms with Crippen molar-refractivity contribution in [3.63, 3.8) is 0 Å². The lowest BCUT2D eigenvalue weighted by Gasteiger charge is -2.10. The molecule has 0 amide bonds. The Morgan fingerprint density at radius 2 is 1.86 bits per heavy atom. The van der Waals surface area contributed by atoms with Crippen molar-refractivity contribution in [3.8, 4) is 0 Å². The molecule has 2 aromatic carbocycles. The first-order valence-corrected chi connectivity index (χ1v) is 8.22. The number of hydrogen-bond donors (Lipinski definition) is 0. The molecule has 0 N–H and O–H groups in total. The van der Waals surface area contributed by atoms with Gasteiger partial charge in [-0.15, -0.1) is 0 Å². The Balaban J connectivity index is 1.45. The highest BCUT2D eigenvalue weighted by Crippen LogP contribution is 2.41. The summed E-state index contributed by atoms with van der Waals surface area (Å²) in [6, 6.07) is 18.7. The van der Waals surface area contributed by atoms with Crippen molar-refractivity contribution in [2.45, 2.75) is 31.6 Å². The van der Waals surface area contributed by atoms with E-state index in [9.17, 15) is 0 Å². The average molecular weight is 310 g/mol. The van der Waals surface area contributed by atoms with E-state index in [0.29, 0.717) is 5.92 Å². The molecule has 0 bridgehead atoms. The average Bonchev–Trinajstić information content (AvgIpc) is 3.14. The zero-order valence-corrected chi connectivity index (χ0v) is 13.1. The second-order valence-electron chi connectivity index (χ2n) is 6.17. The molecule has 3 aromatic rings. The molecule has 1 nitrogen and oxygen atoms in total. The van der Waals surface area contributed by atoms with E-state index in [4.69, 9.17) is 16.0 Å². The quantitative estimate of drug-likeness (QED) is 0.564. The minimum Gasteiger partial charge on any atom is -0.461 e. The zero-order chi connectivity index (χ0) is 14.9. The number of furan rings is 1. The summed E-state index contributed by atoms with van der Waals surface area (Å²) < 4.78 is 5.95. The summed E-state index contributed by atoms with van der Waals surface area (Å²) >= 11 is 5.98. The largest absolute Gasteiger partial charge is 0.461 e. The predicted octanol–water partition coefficient (Wildman–Crippen LogP) is 6.17. The van der Waals surface area contributed by atoms with Gasteiger partial charge in [0.05, 0.1) is 0 Å². The lowest BCUT2D eigenvalue weighted by Crippen LogP contribution is -1.97. The monoisotopic (exact) mass is 309 g/mol. The van der Waals surface area contributed by atoms with E-state index < -0.39 is 0 Å². The van der Waals surface area contributed by atoms with Crippen molar-refractivity contribution < 1.29 is 4.42 Å². The molecule has 0 saturated heterocycles. The SMILES string of the molecule is Clc1ccc(C2CC[C](Cc3cc4ccccc4o3)C2)cc1. The van der Waals surface area contributed by atoms with Crippen molar-refractivity contribution in [1.29, 1.82) is 0 Å². The van der Waals surface area contributed by atoms with Gasteiger partial charge in [-0.25, -0.2) is 0 Å². The number of para-hydroxylation sites is 1. The van der Waals surface area contributed by atoms with E-state index in [1.807, 2.05) is 24.3 Å². The van der Waals surface area contributed by atoms with E-state index in [-0.39, 0.29) is 0 Å². The molecule has 111 valence electrons. The van der Waals surface area contributed by atoms with Crippen molar-refractivity contribution >= 4 is 22.6 Å². The third-order valence-corrected chi connectivity index (χ3v) is 4.88. The Morgan fingerprint density at radius 1 is 1.05 bits per heavy atom. The molecule has 0 spiro atoms. The predicted molar refractivity (Wildman–Crippen MR) is 91.2 cm³/mol. The molecule has 1 saturated carbocycles. The number of benzene rings is 2. The van der Waals surface area contributed by atoms with Crippen molar-refractivity contribution in [3.05, 3.63) is 76.9 Å². The van der Waals surface area contributed by atoms with Crippen molar-refractivity contribution in [2.75, 3.05) is 0 Å². The normalized spacial score (nSPS) is 19.0. The van der Waals surface area contributed by atoms with Crippen LogP contribution < -0.4 is 0 Å². The summed E-state index contributed by atoms with van der Waals surface area (Å²) in [5, 5.41) is 2.01. The number of hydrogen-bond acceptors (Lipinski definition) is 1. The highest BCUT2D eigenvalue weighted by atomic mass is 35.5. The van der Waals surface area contributed by atoms with Crippen LogP contribution in [0.5, 0.6) is 0 Å². The standard InChI is InChI=1S/C20H18ClO/c21-18-9-7-15(8-10-18)16-6-5-14(11-16)12-19-13-17-3-1-2-4-20(17)22-19/h1-4,7-10,13,16H,5-6,11-12H2. The number of fused-ring (bicyclic) bond motifs is 1. The smallest absolute Gasteiger partial charge is 0.134 e. The lowest BCUT2D eigenvalue weighted by atomic mass is 9.95. The van der Waals surface area contributed by atoms with Crippen LogP contribution >= 0.6 is 11.6 Å². The summed E-state index contributed by atoms with van der Waals surface area (Å²) in [6.45, 7) is 0. The first kappa shape index (κ1) is 13.9. The van der Waals surface area contributed by atoms with Crippen LogP contribution in [-0.4, -0.2) is 0 Å². The molecule has 1 atom stereocenters. The third kappa shape index (κ3) is 2.78. The van der Waals surface area contributed by atoms with Crippen LogP contribution in [0.25, 0.3) is 11.0 Å². The van der Waals surface area contributed by atoms with Crippen molar-refractivity contribution in [2.24, 2.45) is 0 Å². The third-order valence-electron chi connectivity index (χ3n) is 4.62. The van der Waals surface area contributed by atoms with Crippen LogP contribution in [0.4, 0.5) is 0 Å². The van der Waals surface area contributed by atoms with Crippen LogP contribution in [0, 0.1) is 5.92 Å². The van der Waals surface area contributed by atoms with E-state index in [2.05, 4.69) is 30.3 Å². The van der Waals surface area contributed by atoms with Crippen LogP contribution in [0.2, 0.25) is 5.02 Å². The Hall–Kier alpha value is -1.73. The molecule has 1 fully saturated rings. The van der Waals surface area contributed by atoms with Gasteiger partial charge in [0.25, 0.3) is 0 Å².